The van der Waals surface area contributed by atoms with E-state index in [1.54, 1.807) is 4.90 Å². The topological polar surface area (TPSA) is 45.7 Å². The Kier molecular flexibility index (Phi) is 8.03. The first-order chi connectivity index (χ1) is 11.2. The molecule has 130 valence electrons. The molecule has 1 aromatic carbocycles. The van der Waals surface area contributed by atoms with Gasteiger partial charge >= 0.3 is 0 Å². The maximum atomic E-state index is 10.2. The SMILES string of the molecule is CC[NH+](CC)C[C@@H](O)C[NH2+]C1CC[NH+](Cc2ccccc2)CC1. The fourth-order valence-electron chi connectivity index (χ4n) is 3.65. The number of piperidine rings is 1. The third-order valence-corrected chi connectivity index (χ3v) is 5.30. The summed E-state index contributed by atoms with van der Waals surface area (Å²) in [4.78, 5) is 3.20. The van der Waals surface area contributed by atoms with Crippen molar-refractivity contribution in [3.05, 3.63) is 35.9 Å². The van der Waals surface area contributed by atoms with Gasteiger partial charge in [0.2, 0.25) is 0 Å². The molecule has 1 atom stereocenters. The first-order valence-corrected chi connectivity index (χ1v) is 9.43. The predicted octanol–water partition coefficient (Wildman–Crippen LogP) is -1.92. The van der Waals surface area contributed by atoms with Crippen LogP contribution in [0.4, 0.5) is 0 Å². The number of benzene rings is 1. The number of nitrogens with one attached hydrogen (secondary N) is 2. The van der Waals surface area contributed by atoms with Crippen molar-refractivity contribution < 1.29 is 20.2 Å². The minimum absolute atomic E-state index is 0.167. The molecule has 0 unspecified atom stereocenters. The molecule has 4 nitrogen and oxygen atoms in total. The van der Waals surface area contributed by atoms with Gasteiger partial charge in [-0.2, -0.15) is 0 Å². The lowest BCUT2D eigenvalue weighted by atomic mass is 10.0. The number of likely N-dealkylation sites (N-methyl/N-ethyl adjacent to an activating group) is 1. The molecule has 0 amide bonds. The van der Waals surface area contributed by atoms with E-state index in [-0.39, 0.29) is 6.10 Å². The summed E-state index contributed by atoms with van der Waals surface area (Å²) in [5, 5.41) is 12.6. The number of aliphatic hydroxyl groups is 1. The van der Waals surface area contributed by atoms with Crippen LogP contribution in [0.5, 0.6) is 0 Å². The summed E-state index contributed by atoms with van der Waals surface area (Å²) in [5.74, 6) is 0. The lowest BCUT2D eigenvalue weighted by Gasteiger charge is -2.28. The van der Waals surface area contributed by atoms with E-state index in [0.29, 0.717) is 6.04 Å². The molecule has 1 aromatic rings. The minimum atomic E-state index is -0.167. The number of rotatable bonds is 9. The fourth-order valence-corrected chi connectivity index (χ4v) is 3.65. The highest BCUT2D eigenvalue weighted by atomic mass is 16.3. The molecule has 1 aliphatic heterocycles. The van der Waals surface area contributed by atoms with Gasteiger partial charge in [0.1, 0.15) is 19.6 Å². The molecule has 4 heteroatoms. The summed E-state index contributed by atoms with van der Waals surface area (Å²) >= 11 is 0. The van der Waals surface area contributed by atoms with E-state index in [1.165, 1.54) is 36.4 Å². The van der Waals surface area contributed by atoms with E-state index in [9.17, 15) is 5.11 Å². The third-order valence-electron chi connectivity index (χ3n) is 5.30. The van der Waals surface area contributed by atoms with E-state index in [0.717, 1.165) is 32.7 Å². The van der Waals surface area contributed by atoms with Gasteiger partial charge < -0.3 is 20.2 Å². The summed E-state index contributed by atoms with van der Waals surface area (Å²) in [6, 6.07) is 11.5. The zero-order valence-electron chi connectivity index (χ0n) is 14.9. The molecule has 1 saturated heterocycles. The van der Waals surface area contributed by atoms with Gasteiger partial charge in [-0.25, -0.2) is 0 Å². The molecule has 1 heterocycles. The van der Waals surface area contributed by atoms with Crippen molar-refractivity contribution in [2.24, 2.45) is 0 Å². The normalized spacial score (nSPS) is 23.1. The van der Waals surface area contributed by atoms with Crippen LogP contribution in [-0.2, 0) is 6.54 Å². The summed E-state index contributed by atoms with van der Waals surface area (Å²) in [5.41, 5.74) is 1.45. The molecule has 0 saturated carbocycles. The monoisotopic (exact) mass is 322 g/mol. The van der Waals surface area contributed by atoms with Gasteiger partial charge in [-0.1, -0.05) is 30.3 Å². The van der Waals surface area contributed by atoms with E-state index < -0.39 is 0 Å². The quantitative estimate of drug-likeness (QED) is 0.421. The molecule has 1 aliphatic rings. The second-order valence-electron chi connectivity index (χ2n) is 7.04. The van der Waals surface area contributed by atoms with Gasteiger partial charge in [0.05, 0.1) is 32.2 Å². The number of hydrogen-bond donors (Lipinski definition) is 4. The first-order valence-electron chi connectivity index (χ1n) is 9.43. The van der Waals surface area contributed by atoms with Crippen molar-refractivity contribution in [3.8, 4) is 0 Å². The minimum Gasteiger partial charge on any atom is -0.382 e. The van der Waals surface area contributed by atoms with Gasteiger partial charge in [-0.15, -0.1) is 0 Å². The molecule has 1 fully saturated rings. The molecular weight excluding hydrogens is 286 g/mol. The van der Waals surface area contributed by atoms with Crippen LogP contribution in [0.25, 0.3) is 0 Å². The molecule has 5 N–H and O–H groups in total. The van der Waals surface area contributed by atoms with Crippen molar-refractivity contribution >= 4 is 0 Å². The summed E-state index contributed by atoms with van der Waals surface area (Å²) in [6.45, 7) is 12.0. The standard InChI is InChI=1S/C19H33N3O/c1-3-21(4-2)16-19(23)14-20-18-10-12-22(13-11-18)15-17-8-6-5-7-9-17/h5-9,18-20,23H,3-4,10-16H2,1-2H3/p+3/t19-/m0/s1. The maximum Gasteiger partial charge on any atom is 0.151 e. The van der Waals surface area contributed by atoms with E-state index >= 15 is 0 Å². The second-order valence-corrected chi connectivity index (χ2v) is 7.04. The lowest BCUT2D eigenvalue weighted by Crippen LogP contribution is -3.14. The smallest absolute Gasteiger partial charge is 0.151 e. The predicted molar refractivity (Wildman–Crippen MR) is 93.6 cm³/mol. The van der Waals surface area contributed by atoms with Crippen molar-refractivity contribution in [3.63, 3.8) is 0 Å². The van der Waals surface area contributed by atoms with Gasteiger partial charge in [0.15, 0.2) is 6.10 Å². The third kappa shape index (κ3) is 6.60. The summed E-state index contributed by atoms with van der Waals surface area (Å²) in [6.07, 6.45) is 2.37. The zero-order chi connectivity index (χ0) is 16.5. The molecular formula is C19H36N3O+3. The van der Waals surface area contributed by atoms with E-state index in [2.05, 4.69) is 49.5 Å². The number of hydrogen-bond acceptors (Lipinski definition) is 1. The Labute approximate surface area is 141 Å². The average Bonchev–Trinajstić information content (AvgIpc) is 2.60. The van der Waals surface area contributed by atoms with Gasteiger partial charge in [0.25, 0.3) is 0 Å². The van der Waals surface area contributed by atoms with Gasteiger partial charge in [0, 0.05) is 18.4 Å². The zero-order valence-corrected chi connectivity index (χ0v) is 14.9. The second kappa shape index (κ2) is 10.0. The van der Waals surface area contributed by atoms with Crippen LogP contribution < -0.4 is 15.1 Å². The number of aliphatic hydroxyl groups excluding tert-OH is 1. The van der Waals surface area contributed by atoms with E-state index in [4.69, 9.17) is 0 Å². The van der Waals surface area contributed by atoms with Crippen LogP contribution in [0.15, 0.2) is 30.3 Å². The Morgan fingerprint density at radius 2 is 1.83 bits per heavy atom. The average molecular weight is 323 g/mol. The fraction of sp³-hybridized carbons (Fsp3) is 0.684. The number of likely N-dealkylation sites (tertiary alicyclic amines) is 1. The van der Waals surface area contributed by atoms with Crippen LogP contribution >= 0.6 is 0 Å². The van der Waals surface area contributed by atoms with Crippen molar-refractivity contribution in [1.82, 2.24) is 0 Å². The molecule has 0 aromatic heterocycles. The van der Waals surface area contributed by atoms with Gasteiger partial charge in [-0.05, 0) is 13.8 Å². The highest BCUT2D eigenvalue weighted by Gasteiger charge is 2.25. The molecule has 0 aliphatic carbocycles. The molecule has 23 heavy (non-hydrogen) atoms. The van der Waals surface area contributed by atoms with E-state index in [1.807, 2.05) is 0 Å². The number of nitrogens with two attached hydrogens (primary N) is 1. The molecule has 0 radical (unpaired) electrons. The van der Waals surface area contributed by atoms with Crippen molar-refractivity contribution in [2.75, 3.05) is 39.3 Å². The van der Waals surface area contributed by atoms with Crippen molar-refractivity contribution in [2.45, 2.75) is 45.4 Å². The largest absolute Gasteiger partial charge is 0.382 e. The Morgan fingerprint density at radius 3 is 2.43 bits per heavy atom. The van der Waals surface area contributed by atoms with Crippen LogP contribution in [0.2, 0.25) is 0 Å². The van der Waals surface area contributed by atoms with Crippen molar-refractivity contribution in [1.29, 1.82) is 0 Å². The van der Waals surface area contributed by atoms with Crippen LogP contribution in [-0.4, -0.2) is 56.5 Å². The Balaban J connectivity index is 1.63. The lowest BCUT2D eigenvalue weighted by molar-refractivity contribution is -0.926. The van der Waals surface area contributed by atoms with Crippen LogP contribution in [0, 0.1) is 0 Å². The molecule has 0 bridgehead atoms. The van der Waals surface area contributed by atoms with Gasteiger partial charge in [-0.3, -0.25) is 0 Å². The first kappa shape index (κ1) is 18.4. The van der Waals surface area contributed by atoms with Crippen LogP contribution in [0.1, 0.15) is 32.3 Å². The highest BCUT2D eigenvalue weighted by Crippen LogP contribution is 1.98. The Hall–Kier alpha value is -0.940. The Bertz CT molecular complexity index is 414. The van der Waals surface area contributed by atoms with Crippen LogP contribution in [0.3, 0.4) is 0 Å². The maximum absolute atomic E-state index is 10.2. The highest BCUT2D eigenvalue weighted by molar-refractivity contribution is 5.13. The molecule has 2 rings (SSSR count). The number of quaternary nitrogens is 3. The molecule has 0 spiro atoms. The Morgan fingerprint density at radius 1 is 1.17 bits per heavy atom. The summed E-state index contributed by atoms with van der Waals surface area (Å²) in [7, 11) is 0. The summed E-state index contributed by atoms with van der Waals surface area (Å²) < 4.78 is 0.